The van der Waals surface area contributed by atoms with Gasteiger partial charge in [-0.05, 0) is 96.4 Å². The number of anilines is 5. The van der Waals surface area contributed by atoms with Crippen molar-refractivity contribution in [2.24, 2.45) is 20.5 Å². The molecule has 17 nitrogen and oxygen atoms in total. The zero-order valence-corrected chi connectivity index (χ0v) is 35.1. The van der Waals surface area contributed by atoms with Crippen molar-refractivity contribution in [3.8, 4) is 29.0 Å². The summed E-state index contributed by atoms with van der Waals surface area (Å²) in [7, 11) is -7.49. The number of thiophene rings is 1. The van der Waals surface area contributed by atoms with E-state index in [9.17, 15) is 36.5 Å². The van der Waals surface area contributed by atoms with E-state index in [1.54, 1.807) is 19.1 Å². The molecule has 0 saturated carbocycles. The molecule has 2 heterocycles. The third-order valence-electron chi connectivity index (χ3n) is 9.43. The Morgan fingerprint density at radius 3 is 1.87 bits per heavy atom. The second kappa shape index (κ2) is 17.2. The Morgan fingerprint density at radius 2 is 1.29 bits per heavy atom. The predicted molar refractivity (Wildman–Crippen MR) is 235 cm³/mol. The summed E-state index contributed by atoms with van der Waals surface area (Å²) in [5.74, 6) is 0.430. The smallest absolute Gasteiger partial charge is 0.294 e. The van der Waals surface area contributed by atoms with E-state index in [-0.39, 0.29) is 48.8 Å². The Labute approximate surface area is 359 Å². The number of hydrogen-bond donors (Lipinski definition) is 5. The van der Waals surface area contributed by atoms with Crippen molar-refractivity contribution in [2.45, 2.75) is 23.6 Å². The van der Waals surface area contributed by atoms with Gasteiger partial charge in [-0.2, -0.15) is 27.4 Å². The van der Waals surface area contributed by atoms with Gasteiger partial charge in [0.25, 0.3) is 20.2 Å². The number of fused-ring (bicyclic) bond motifs is 1. The highest BCUT2D eigenvalue weighted by molar-refractivity contribution is 7.86. The monoisotopic (exact) mass is 884 g/mol. The average molecular weight is 885 g/mol. The minimum atomic E-state index is -4.50. The van der Waals surface area contributed by atoms with E-state index in [0.717, 1.165) is 39.8 Å². The number of pyridine rings is 1. The SMILES string of the molecule is COc1cc(N)c(C)cc1N=Nc1sc(N=Nc2c(Nc3ccc(S(=O)(=O)O)cc3)nc(Nc3ccc(S(=O)(=O)O)cc3)c(C#N)c2C)c(C#N)c1-c1ccc2ccccc2c1. The maximum atomic E-state index is 11.7. The van der Waals surface area contributed by atoms with Crippen molar-refractivity contribution in [1.82, 2.24) is 4.98 Å². The van der Waals surface area contributed by atoms with Crippen LogP contribution in [0.1, 0.15) is 22.3 Å². The summed E-state index contributed by atoms with van der Waals surface area (Å²) in [5.41, 5.74) is 9.97. The third-order valence-corrected chi connectivity index (χ3v) is 12.1. The molecule has 0 atom stereocenters. The number of nitrogens with zero attached hydrogens (tertiary/aromatic N) is 7. The minimum absolute atomic E-state index is 0.0177. The number of aromatic nitrogens is 1. The van der Waals surface area contributed by atoms with Gasteiger partial charge in [0, 0.05) is 34.3 Å². The fourth-order valence-corrected chi connectivity index (χ4v) is 8.09. The first-order chi connectivity index (χ1) is 29.6. The number of rotatable bonds is 12. The van der Waals surface area contributed by atoms with Crippen LogP contribution in [-0.4, -0.2) is 38.0 Å². The Morgan fingerprint density at radius 1 is 0.710 bits per heavy atom. The molecule has 2 aromatic heterocycles. The lowest BCUT2D eigenvalue weighted by Gasteiger charge is -2.16. The highest BCUT2D eigenvalue weighted by Crippen LogP contribution is 2.49. The summed E-state index contributed by atoms with van der Waals surface area (Å²) in [6, 6.07) is 31.3. The molecule has 20 heteroatoms. The first-order valence-electron chi connectivity index (χ1n) is 18.1. The molecule has 0 saturated heterocycles. The van der Waals surface area contributed by atoms with Gasteiger partial charge in [-0.15, -0.1) is 20.5 Å². The molecule has 0 radical (unpaired) electrons. The molecular weight excluding hydrogens is 853 g/mol. The van der Waals surface area contributed by atoms with E-state index in [0.29, 0.717) is 44.6 Å². The van der Waals surface area contributed by atoms with Crippen LogP contribution in [0.2, 0.25) is 0 Å². The number of methoxy groups -OCH3 is 1. The molecule has 6 N–H and O–H groups in total. The Kier molecular flexibility index (Phi) is 11.8. The molecule has 0 aliphatic carbocycles. The molecule has 0 aliphatic heterocycles. The van der Waals surface area contributed by atoms with E-state index in [2.05, 4.69) is 48.2 Å². The van der Waals surface area contributed by atoms with E-state index in [1.165, 1.54) is 43.5 Å². The maximum Gasteiger partial charge on any atom is 0.294 e. The summed E-state index contributed by atoms with van der Waals surface area (Å²) in [6.07, 6.45) is 0. The molecule has 5 aromatic carbocycles. The van der Waals surface area contributed by atoms with Crippen LogP contribution in [0, 0.1) is 36.5 Å². The maximum absolute atomic E-state index is 11.7. The highest BCUT2D eigenvalue weighted by atomic mass is 32.2. The van der Waals surface area contributed by atoms with Crippen molar-refractivity contribution in [3.05, 3.63) is 125 Å². The van der Waals surface area contributed by atoms with Crippen LogP contribution in [-0.2, 0) is 20.2 Å². The highest BCUT2D eigenvalue weighted by Gasteiger charge is 2.23. The molecule has 7 aromatic rings. The summed E-state index contributed by atoms with van der Waals surface area (Å²) >= 11 is 1.04. The molecule has 0 aliphatic rings. The van der Waals surface area contributed by atoms with Crippen molar-refractivity contribution in [3.63, 3.8) is 0 Å². The molecule has 310 valence electrons. The number of ether oxygens (including phenoxy) is 1. The van der Waals surface area contributed by atoms with Crippen molar-refractivity contribution < 1.29 is 30.7 Å². The van der Waals surface area contributed by atoms with Crippen molar-refractivity contribution in [1.29, 1.82) is 10.5 Å². The molecular formula is C42H32N10O7S3. The Bertz CT molecular complexity index is 3290. The number of hydrogen-bond acceptors (Lipinski definition) is 16. The molecule has 0 fully saturated rings. The molecule has 7 rings (SSSR count). The van der Waals surface area contributed by atoms with E-state index < -0.39 is 20.2 Å². The first-order valence-corrected chi connectivity index (χ1v) is 21.7. The number of nitrogens with two attached hydrogens (primary N) is 1. The number of nitrogen functional groups attached to an aromatic ring is 1. The summed E-state index contributed by atoms with van der Waals surface area (Å²) in [6.45, 7) is 3.42. The Hall–Kier alpha value is -7.59. The quantitative estimate of drug-likeness (QED) is 0.0434. The topological polar surface area (TPSA) is 278 Å². The van der Waals surface area contributed by atoms with Crippen LogP contribution >= 0.6 is 11.3 Å². The zero-order chi connectivity index (χ0) is 44.3. The number of aryl methyl sites for hydroxylation is 1. The van der Waals surface area contributed by atoms with Crippen LogP contribution < -0.4 is 21.1 Å². The number of benzene rings is 5. The zero-order valence-electron chi connectivity index (χ0n) is 32.7. The second-order valence-electron chi connectivity index (χ2n) is 13.4. The van der Waals surface area contributed by atoms with Crippen LogP contribution in [0.4, 0.5) is 50.1 Å². The van der Waals surface area contributed by atoms with E-state index in [4.69, 9.17) is 10.5 Å². The van der Waals surface area contributed by atoms with Gasteiger partial charge in [0.15, 0.2) is 16.6 Å². The molecule has 0 unspecified atom stereocenters. The fraction of sp³-hybridized carbons (Fsp3) is 0.0714. The fourth-order valence-electron chi connectivity index (χ4n) is 6.21. The van der Waals surface area contributed by atoms with Crippen molar-refractivity contribution in [2.75, 3.05) is 23.5 Å². The van der Waals surface area contributed by atoms with Crippen LogP contribution in [0.3, 0.4) is 0 Å². The number of nitrogens with one attached hydrogen (secondary N) is 2. The normalized spacial score (nSPS) is 11.8. The summed E-state index contributed by atoms with van der Waals surface area (Å²) in [4.78, 5) is 3.93. The van der Waals surface area contributed by atoms with Crippen LogP contribution in [0.15, 0.2) is 133 Å². The van der Waals surface area contributed by atoms with Gasteiger partial charge in [0.1, 0.15) is 39.8 Å². The third kappa shape index (κ3) is 8.95. The van der Waals surface area contributed by atoms with Crippen LogP contribution in [0.5, 0.6) is 5.75 Å². The molecule has 0 amide bonds. The van der Waals surface area contributed by atoms with Gasteiger partial charge in [0.2, 0.25) is 0 Å². The van der Waals surface area contributed by atoms with Crippen molar-refractivity contribution >= 4 is 92.4 Å². The van der Waals surface area contributed by atoms with Gasteiger partial charge in [0.05, 0.1) is 22.5 Å². The molecule has 0 bridgehead atoms. The largest absolute Gasteiger partial charge is 0.494 e. The summed E-state index contributed by atoms with van der Waals surface area (Å²) in [5, 5.41) is 47.6. The Balaban J connectivity index is 1.38. The molecule has 62 heavy (non-hydrogen) atoms. The molecule has 0 spiro atoms. The summed E-state index contributed by atoms with van der Waals surface area (Å²) < 4.78 is 71.2. The lowest BCUT2D eigenvalue weighted by Crippen LogP contribution is -2.05. The van der Waals surface area contributed by atoms with Gasteiger partial charge in [-0.3, -0.25) is 9.11 Å². The van der Waals surface area contributed by atoms with E-state index >= 15 is 0 Å². The standard InChI is InChI=1S/C42H32N10O7S3/c1-23-18-35(36(59-3)20-34(23)45)49-52-42-37(27-9-8-25-6-4-5-7-26(25)19-27)33(22-44)41(60-42)51-50-38-24(2)32(21-43)39(46-28-10-14-30(15-11-28)61(53,54)55)48-40(38)47-29-12-16-31(17-13-29)62(56,57)58/h4-20H,45H2,1-3H3,(H2,46,47,48)(H,53,54,55)(H,56,57,58). The number of azo groups is 2. The van der Waals surface area contributed by atoms with Gasteiger partial charge in [-0.25, -0.2) is 4.98 Å². The first kappa shape index (κ1) is 42.5. The number of nitriles is 2. The van der Waals surface area contributed by atoms with Crippen LogP contribution in [0.25, 0.3) is 21.9 Å². The van der Waals surface area contributed by atoms with Gasteiger partial charge in [-0.1, -0.05) is 47.7 Å². The lowest BCUT2D eigenvalue weighted by atomic mass is 10.00. The average Bonchev–Trinajstić information content (AvgIpc) is 3.60. The predicted octanol–water partition coefficient (Wildman–Crippen LogP) is 10.7. The minimum Gasteiger partial charge on any atom is -0.494 e. The van der Waals surface area contributed by atoms with E-state index in [1.807, 2.05) is 49.4 Å². The van der Waals surface area contributed by atoms with Gasteiger partial charge < -0.3 is 21.1 Å². The lowest BCUT2D eigenvalue weighted by molar-refractivity contribution is 0.416. The van der Waals surface area contributed by atoms with Gasteiger partial charge >= 0.3 is 0 Å². The second-order valence-corrected chi connectivity index (χ2v) is 17.3.